The highest BCUT2D eigenvalue weighted by Gasteiger charge is 2.58. The smallest absolute Gasteiger partial charge is 0.156 e. The highest BCUT2D eigenvalue weighted by atomic mass is 16.3. The van der Waals surface area contributed by atoms with Gasteiger partial charge in [0.2, 0.25) is 0 Å². The summed E-state index contributed by atoms with van der Waals surface area (Å²) in [7, 11) is 0. The van der Waals surface area contributed by atoms with E-state index in [-0.39, 0.29) is 5.41 Å². The molecule has 24 heavy (non-hydrogen) atoms. The Morgan fingerprint density at radius 2 is 2.00 bits per heavy atom. The van der Waals surface area contributed by atoms with Gasteiger partial charge in [-0.3, -0.25) is 4.79 Å². The summed E-state index contributed by atoms with van der Waals surface area (Å²) in [5, 5.41) is 9.70. The summed E-state index contributed by atoms with van der Waals surface area (Å²) in [5.74, 6) is 3.51. The molecule has 0 aromatic carbocycles. The SMILES string of the molecule is CC(CO)C1CCC2C3C=CC4=CC(=O)CCC4(C)C3CCC12C. The van der Waals surface area contributed by atoms with Crippen molar-refractivity contribution < 1.29 is 9.90 Å². The van der Waals surface area contributed by atoms with E-state index in [4.69, 9.17) is 0 Å². The molecule has 7 unspecified atom stereocenters. The Morgan fingerprint density at radius 3 is 2.75 bits per heavy atom. The Labute approximate surface area is 146 Å². The van der Waals surface area contributed by atoms with Gasteiger partial charge in [0.25, 0.3) is 0 Å². The molecule has 0 saturated heterocycles. The molecule has 0 radical (unpaired) electrons. The number of ketones is 1. The molecule has 0 heterocycles. The van der Waals surface area contributed by atoms with Crippen LogP contribution >= 0.6 is 0 Å². The molecule has 2 nitrogen and oxygen atoms in total. The Bertz CT molecular complexity index is 603. The van der Waals surface area contributed by atoms with Crippen LogP contribution < -0.4 is 0 Å². The zero-order valence-corrected chi connectivity index (χ0v) is 15.4. The van der Waals surface area contributed by atoms with Gasteiger partial charge in [-0.25, -0.2) is 0 Å². The third-order valence-electron chi connectivity index (χ3n) is 8.56. The zero-order chi connectivity index (χ0) is 17.1. The minimum atomic E-state index is 0.204. The molecular weight excluding hydrogens is 296 g/mol. The van der Waals surface area contributed by atoms with Gasteiger partial charge in [-0.05, 0) is 84.2 Å². The van der Waals surface area contributed by atoms with Gasteiger partial charge in [-0.15, -0.1) is 0 Å². The number of rotatable bonds is 2. The minimum absolute atomic E-state index is 0.204. The zero-order valence-electron chi connectivity index (χ0n) is 15.4. The number of aliphatic hydroxyl groups excluding tert-OH is 1. The highest BCUT2D eigenvalue weighted by molar-refractivity contribution is 5.92. The first kappa shape index (κ1) is 16.6. The second-order valence-electron chi connectivity index (χ2n) is 9.52. The van der Waals surface area contributed by atoms with Crippen LogP contribution in [0, 0.1) is 40.4 Å². The Balaban J connectivity index is 1.68. The molecule has 1 N–H and O–H groups in total. The number of carbonyl (C=O) groups is 1. The first-order chi connectivity index (χ1) is 11.4. The molecule has 4 aliphatic rings. The van der Waals surface area contributed by atoms with Crippen molar-refractivity contribution in [2.24, 2.45) is 40.4 Å². The van der Waals surface area contributed by atoms with E-state index in [9.17, 15) is 9.90 Å². The molecule has 2 saturated carbocycles. The van der Waals surface area contributed by atoms with Gasteiger partial charge in [-0.1, -0.05) is 32.9 Å². The number of fused-ring (bicyclic) bond motifs is 5. The van der Waals surface area contributed by atoms with Crippen molar-refractivity contribution in [3.05, 3.63) is 23.8 Å². The second kappa shape index (κ2) is 5.56. The van der Waals surface area contributed by atoms with Crippen LogP contribution in [-0.2, 0) is 4.79 Å². The summed E-state index contributed by atoms with van der Waals surface area (Å²) in [5.41, 5.74) is 1.88. The molecule has 2 heteroatoms. The predicted molar refractivity (Wildman–Crippen MR) is 96.4 cm³/mol. The average molecular weight is 328 g/mol. The highest BCUT2D eigenvalue weighted by Crippen LogP contribution is 2.66. The lowest BCUT2D eigenvalue weighted by atomic mass is 9.48. The molecule has 0 amide bonds. The number of aliphatic hydroxyl groups is 1. The number of hydrogen-bond acceptors (Lipinski definition) is 2. The van der Waals surface area contributed by atoms with Crippen molar-refractivity contribution in [3.8, 4) is 0 Å². The van der Waals surface area contributed by atoms with Crippen LogP contribution in [0.5, 0.6) is 0 Å². The molecular formula is C22H32O2. The fourth-order valence-electron chi connectivity index (χ4n) is 7.10. The van der Waals surface area contributed by atoms with Gasteiger partial charge in [0.1, 0.15) is 0 Å². The van der Waals surface area contributed by atoms with Crippen LogP contribution in [0.15, 0.2) is 23.8 Å². The largest absolute Gasteiger partial charge is 0.396 e. The quantitative estimate of drug-likeness (QED) is 0.808. The maximum atomic E-state index is 11.9. The lowest BCUT2D eigenvalue weighted by Crippen LogP contribution is -2.49. The fraction of sp³-hybridized carbons (Fsp3) is 0.773. The van der Waals surface area contributed by atoms with Crippen LogP contribution in [0.1, 0.15) is 59.3 Å². The molecule has 132 valence electrons. The van der Waals surface area contributed by atoms with E-state index in [0.717, 1.165) is 18.8 Å². The number of hydrogen-bond donors (Lipinski definition) is 1. The molecule has 0 aromatic rings. The number of allylic oxidation sites excluding steroid dienone is 4. The van der Waals surface area contributed by atoms with Crippen molar-refractivity contribution in [2.45, 2.75) is 59.3 Å². The van der Waals surface area contributed by atoms with Crippen LogP contribution in [0.2, 0.25) is 0 Å². The van der Waals surface area contributed by atoms with Crippen LogP contribution in [0.25, 0.3) is 0 Å². The Kier molecular flexibility index (Phi) is 3.84. The van der Waals surface area contributed by atoms with Crippen molar-refractivity contribution in [2.75, 3.05) is 6.61 Å². The molecule has 0 spiro atoms. The van der Waals surface area contributed by atoms with E-state index in [1.807, 2.05) is 6.08 Å². The molecule has 4 rings (SSSR count). The van der Waals surface area contributed by atoms with Crippen LogP contribution in [-0.4, -0.2) is 17.5 Å². The Morgan fingerprint density at radius 1 is 1.21 bits per heavy atom. The van der Waals surface area contributed by atoms with Gasteiger partial charge < -0.3 is 5.11 Å². The molecule has 4 aliphatic carbocycles. The Hall–Kier alpha value is -0.890. The van der Waals surface area contributed by atoms with Gasteiger partial charge in [-0.2, -0.15) is 0 Å². The van der Waals surface area contributed by atoms with Crippen molar-refractivity contribution in [3.63, 3.8) is 0 Å². The van der Waals surface area contributed by atoms with Gasteiger partial charge >= 0.3 is 0 Å². The second-order valence-corrected chi connectivity index (χ2v) is 9.52. The summed E-state index contributed by atoms with van der Waals surface area (Å²) in [4.78, 5) is 11.9. The maximum absolute atomic E-state index is 11.9. The monoisotopic (exact) mass is 328 g/mol. The molecule has 7 atom stereocenters. The van der Waals surface area contributed by atoms with Crippen molar-refractivity contribution in [1.29, 1.82) is 0 Å². The van der Waals surface area contributed by atoms with Crippen LogP contribution in [0.4, 0.5) is 0 Å². The lowest BCUT2D eigenvalue weighted by Gasteiger charge is -2.56. The minimum Gasteiger partial charge on any atom is -0.396 e. The normalized spacial score (nSPS) is 48.3. The molecule has 2 fully saturated rings. The van der Waals surface area contributed by atoms with Crippen molar-refractivity contribution in [1.82, 2.24) is 0 Å². The molecule has 0 aliphatic heterocycles. The summed E-state index contributed by atoms with van der Waals surface area (Å²) >= 11 is 0. The number of carbonyl (C=O) groups excluding carboxylic acids is 1. The lowest BCUT2D eigenvalue weighted by molar-refractivity contribution is -0.116. The first-order valence-electron chi connectivity index (χ1n) is 9.94. The summed E-state index contributed by atoms with van der Waals surface area (Å²) < 4.78 is 0. The van der Waals surface area contributed by atoms with E-state index in [1.165, 1.54) is 31.3 Å². The van der Waals surface area contributed by atoms with E-state index in [1.54, 1.807) is 0 Å². The molecule has 0 aromatic heterocycles. The summed E-state index contributed by atoms with van der Waals surface area (Å²) in [6.07, 6.45) is 13.6. The standard InChI is InChI=1S/C22H32O2/c1-14(13-23)18-6-7-19-17-5-4-15-12-16(24)8-10-21(15,2)20(17)9-11-22(18,19)3/h4-5,12,14,17-20,23H,6-11,13H2,1-3H3. The van der Waals surface area contributed by atoms with Crippen molar-refractivity contribution >= 4 is 5.78 Å². The van der Waals surface area contributed by atoms with E-state index in [0.29, 0.717) is 41.5 Å². The van der Waals surface area contributed by atoms with Gasteiger partial charge in [0, 0.05) is 13.0 Å². The molecule has 0 bridgehead atoms. The van der Waals surface area contributed by atoms with Crippen LogP contribution in [0.3, 0.4) is 0 Å². The topological polar surface area (TPSA) is 37.3 Å². The van der Waals surface area contributed by atoms with E-state index in [2.05, 4.69) is 32.9 Å². The third kappa shape index (κ3) is 2.14. The van der Waals surface area contributed by atoms with E-state index < -0.39 is 0 Å². The van der Waals surface area contributed by atoms with Gasteiger partial charge in [0.05, 0.1) is 0 Å². The fourth-order valence-corrected chi connectivity index (χ4v) is 7.10. The van der Waals surface area contributed by atoms with E-state index >= 15 is 0 Å². The predicted octanol–water partition coefficient (Wildman–Crippen LogP) is 4.54. The summed E-state index contributed by atoms with van der Waals surface area (Å²) in [6, 6.07) is 0. The summed E-state index contributed by atoms with van der Waals surface area (Å²) in [6.45, 7) is 7.47. The maximum Gasteiger partial charge on any atom is 0.156 e. The van der Waals surface area contributed by atoms with Gasteiger partial charge in [0.15, 0.2) is 5.78 Å². The first-order valence-corrected chi connectivity index (χ1v) is 9.94. The third-order valence-corrected chi connectivity index (χ3v) is 8.56. The average Bonchev–Trinajstić information content (AvgIpc) is 2.92.